The minimum Gasteiger partial charge on any atom is -0.426 e. The van der Waals surface area contributed by atoms with Crippen molar-refractivity contribution in [2.24, 2.45) is 5.92 Å². The zero-order chi connectivity index (χ0) is 22.5. The van der Waals surface area contributed by atoms with E-state index in [-0.39, 0.29) is 22.7 Å². The van der Waals surface area contributed by atoms with Gasteiger partial charge in [-0.05, 0) is 72.8 Å². The highest BCUT2D eigenvalue weighted by molar-refractivity contribution is 6.30. The van der Waals surface area contributed by atoms with Crippen LogP contribution < -0.4 is 4.74 Å². The summed E-state index contributed by atoms with van der Waals surface area (Å²) in [6.45, 7) is 2.27. The lowest BCUT2D eigenvalue weighted by Gasteiger charge is -2.27. The van der Waals surface area contributed by atoms with Crippen molar-refractivity contribution in [3.05, 3.63) is 100 Å². The van der Waals surface area contributed by atoms with Crippen LogP contribution in [0.15, 0.2) is 72.8 Å². The van der Waals surface area contributed by atoms with Crippen molar-refractivity contribution in [3.63, 3.8) is 0 Å². The first-order valence-corrected chi connectivity index (χ1v) is 11.7. The van der Waals surface area contributed by atoms with Crippen LogP contribution in [0.4, 0.5) is 4.39 Å². The molecule has 3 aromatic rings. The summed E-state index contributed by atoms with van der Waals surface area (Å²) >= 11 is 5.69. The standard InChI is InChI=1S/C28H28ClFO2/c1-19(21-5-3-2-4-6-21)17-20-7-9-22(10-8-20)23-11-13-24(14-12-23)28(31)32-25-15-16-26(29)27(30)18-25/h2-10,15-16,18-19,23-24H,11-14,17H2,1H3/t19-,23?,24?/m1/s1. The van der Waals surface area contributed by atoms with Gasteiger partial charge in [0.25, 0.3) is 0 Å². The Balaban J connectivity index is 1.29. The van der Waals surface area contributed by atoms with Gasteiger partial charge in [-0.3, -0.25) is 4.79 Å². The first-order valence-electron chi connectivity index (χ1n) is 11.3. The van der Waals surface area contributed by atoms with Crippen LogP contribution in [0, 0.1) is 11.7 Å². The van der Waals surface area contributed by atoms with Crippen molar-refractivity contribution >= 4 is 17.6 Å². The lowest BCUT2D eigenvalue weighted by Crippen LogP contribution is -2.25. The highest BCUT2D eigenvalue weighted by Crippen LogP contribution is 2.37. The summed E-state index contributed by atoms with van der Waals surface area (Å²) in [7, 11) is 0. The summed E-state index contributed by atoms with van der Waals surface area (Å²) in [6.07, 6.45) is 4.50. The van der Waals surface area contributed by atoms with Crippen LogP contribution in [0.25, 0.3) is 0 Å². The van der Waals surface area contributed by atoms with Gasteiger partial charge in [0, 0.05) is 6.07 Å². The Labute approximate surface area is 194 Å². The maximum Gasteiger partial charge on any atom is 0.314 e. The van der Waals surface area contributed by atoms with Crippen molar-refractivity contribution < 1.29 is 13.9 Å². The van der Waals surface area contributed by atoms with E-state index in [1.54, 1.807) is 0 Å². The summed E-state index contributed by atoms with van der Waals surface area (Å²) in [5.41, 5.74) is 4.05. The highest BCUT2D eigenvalue weighted by Gasteiger charge is 2.28. The third kappa shape index (κ3) is 5.58. The van der Waals surface area contributed by atoms with E-state index in [9.17, 15) is 9.18 Å². The molecule has 166 valence electrons. The van der Waals surface area contributed by atoms with Gasteiger partial charge in [-0.15, -0.1) is 0 Å². The quantitative estimate of drug-likeness (QED) is 0.284. The van der Waals surface area contributed by atoms with E-state index in [2.05, 4.69) is 61.5 Å². The number of hydrogen-bond donors (Lipinski definition) is 0. The van der Waals surface area contributed by atoms with Gasteiger partial charge < -0.3 is 4.74 Å². The minimum absolute atomic E-state index is 0.0193. The number of carbonyl (C=O) groups excluding carboxylic acids is 1. The Hall–Kier alpha value is -2.65. The second-order valence-electron chi connectivity index (χ2n) is 8.80. The van der Waals surface area contributed by atoms with E-state index in [1.165, 1.54) is 28.8 Å². The van der Waals surface area contributed by atoms with Crippen LogP contribution in [0.5, 0.6) is 5.75 Å². The molecule has 32 heavy (non-hydrogen) atoms. The fourth-order valence-electron chi connectivity index (χ4n) is 4.58. The molecule has 1 aliphatic rings. The van der Waals surface area contributed by atoms with Crippen LogP contribution in [0.1, 0.15) is 61.1 Å². The molecular weight excluding hydrogens is 423 g/mol. The minimum atomic E-state index is -0.581. The molecule has 0 aromatic heterocycles. The van der Waals surface area contributed by atoms with Gasteiger partial charge in [0.15, 0.2) is 0 Å². The predicted octanol–water partition coefficient (Wildman–Crippen LogP) is 7.70. The molecule has 2 nitrogen and oxygen atoms in total. The monoisotopic (exact) mass is 450 g/mol. The molecule has 3 aromatic carbocycles. The van der Waals surface area contributed by atoms with Crippen LogP contribution in [0.2, 0.25) is 5.02 Å². The summed E-state index contributed by atoms with van der Waals surface area (Å²) < 4.78 is 19.0. The molecule has 1 atom stereocenters. The Morgan fingerprint density at radius 1 is 1.00 bits per heavy atom. The Morgan fingerprint density at radius 2 is 1.69 bits per heavy atom. The molecule has 0 bridgehead atoms. The fourth-order valence-corrected chi connectivity index (χ4v) is 4.70. The Kier molecular flexibility index (Phi) is 7.26. The number of benzene rings is 3. The Morgan fingerprint density at radius 3 is 2.34 bits per heavy atom. The molecule has 4 heteroatoms. The molecule has 0 spiro atoms. The molecule has 0 unspecified atom stereocenters. The third-order valence-corrected chi connectivity index (χ3v) is 6.84. The van der Waals surface area contributed by atoms with Crippen molar-refractivity contribution in [2.75, 3.05) is 0 Å². The lowest BCUT2D eigenvalue weighted by molar-refractivity contribution is -0.140. The normalized spacial score (nSPS) is 19.3. The summed E-state index contributed by atoms with van der Waals surface area (Å²) in [5.74, 6) is 0.151. The summed E-state index contributed by atoms with van der Waals surface area (Å²) in [6, 6.07) is 23.7. The maximum absolute atomic E-state index is 13.6. The number of hydrogen-bond acceptors (Lipinski definition) is 2. The molecule has 0 saturated heterocycles. The second kappa shape index (κ2) is 10.3. The van der Waals surface area contributed by atoms with E-state index in [1.807, 2.05) is 0 Å². The molecule has 0 radical (unpaired) electrons. The molecule has 1 saturated carbocycles. The molecule has 0 aliphatic heterocycles. The largest absolute Gasteiger partial charge is 0.426 e. The van der Waals surface area contributed by atoms with Crippen molar-refractivity contribution in [2.45, 2.75) is 50.9 Å². The maximum atomic E-state index is 13.6. The topological polar surface area (TPSA) is 26.3 Å². The van der Waals surface area contributed by atoms with Crippen LogP contribution in [-0.4, -0.2) is 5.97 Å². The molecule has 0 heterocycles. The Bertz CT molecular complexity index is 1040. The summed E-state index contributed by atoms with van der Waals surface area (Å²) in [5, 5.41) is 0.0193. The average molecular weight is 451 g/mol. The van der Waals surface area contributed by atoms with E-state index < -0.39 is 5.82 Å². The molecular formula is C28H28ClFO2. The second-order valence-corrected chi connectivity index (χ2v) is 9.21. The number of carbonyl (C=O) groups is 1. The number of ether oxygens (including phenoxy) is 1. The zero-order valence-electron chi connectivity index (χ0n) is 18.3. The van der Waals surface area contributed by atoms with Gasteiger partial charge in [0.2, 0.25) is 0 Å². The van der Waals surface area contributed by atoms with Gasteiger partial charge in [-0.25, -0.2) is 4.39 Å². The first kappa shape index (κ1) is 22.5. The van der Waals surface area contributed by atoms with Crippen LogP contribution in [-0.2, 0) is 11.2 Å². The third-order valence-electron chi connectivity index (χ3n) is 6.53. The highest BCUT2D eigenvalue weighted by atomic mass is 35.5. The van der Waals surface area contributed by atoms with E-state index in [4.69, 9.17) is 16.3 Å². The van der Waals surface area contributed by atoms with Gasteiger partial charge in [0.05, 0.1) is 10.9 Å². The van der Waals surface area contributed by atoms with Crippen molar-refractivity contribution in [1.82, 2.24) is 0 Å². The van der Waals surface area contributed by atoms with Crippen molar-refractivity contribution in [3.8, 4) is 5.75 Å². The van der Waals surface area contributed by atoms with Gasteiger partial charge in [0.1, 0.15) is 11.6 Å². The number of halogens is 2. The fraction of sp³-hybridized carbons (Fsp3) is 0.321. The number of rotatable bonds is 6. The number of esters is 1. The van der Waals surface area contributed by atoms with Gasteiger partial charge >= 0.3 is 5.97 Å². The van der Waals surface area contributed by atoms with Gasteiger partial charge in [-0.1, -0.05) is 73.1 Å². The average Bonchev–Trinajstić information content (AvgIpc) is 2.82. The molecule has 0 amide bonds. The molecule has 4 rings (SSSR count). The van der Waals surface area contributed by atoms with E-state index in [0.29, 0.717) is 11.8 Å². The summed E-state index contributed by atoms with van der Waals surface area (Å²) in [4.78, 5) is 12.5. The van der Waals surface area contributed by atoms with E-state index in [0.717, 1.165) is 38.2 Å². The van der Waals surface area contributed by atoms with Crippen molar-refractivity contribution in [1.29, 1.82) is 0 Å². The molecule has 0 N–H and O–H groups in total. The van der Waals surface area contributed by atoms with Crippen LogP contribution in [0.3, 0.4) is 0 Å². The molecule has 1 aliphatic carbocycles. The predicted molar refractivity (Wildman–Crippen MR) is 127 cm³/mol. The first-order chi connectivity index (χ1) is 15.5. The lowest BCUT2D eigenvalue weighted by atomic mass is 9.78. The SMILES string of the molecule is C[C@H](Cc1ccc(C2CCC(C(=O)Oc3ccc(Cl)c(F)c3)CC2)cc1)c1ccccc1. The van der Waals surface area contributed by atoms with Gasteiger partial charge in [-0.2, -0.15) is 0 Å². The van der Waals surface area contributed by atoms with Crippen LogP contribution >= 0.6 is 11.6 Å². The smallest absolute Gasteiger partial charge is 0.314 e. The molecule has 1 fully saturated rings. The van der Waals surface area contributed by atoms with E-state index >= 15 is 0 Å². The zero-order valence-corrected chi connectivity index (χ0v) is 19.0.